The first kappa shape index (κ1) is 15.0. The lowest BCUT2D eigenvalue weighted by Gasteiger charge is -2.11. The van der Waals surface area contributed by atoms with Crippen molar-refractivity contribution < 1.29 is 9.18 Å². The summed E-state index contributed by atoms with van der Waals surface area (Å²) in [7, 11) is 0. The van der Waals surface area contributed by atoms with Crippen LogP contribution in [0.2, 0.25) is 0 Å². The minimum absolute atomic E-state index is 0.165. The molecular formula is C17H17FN4O. The summed E-state index contributed by atoms with van der Waals surface area (Å²) in [4.78, 5) is 16.7. The Balaban J connectivity index is 1.71. The van der Waals surface area contributed by atoms with Crippen LogP contribution in [0.1, 0.15) is 12.7 Å². The maximum absolute atomic E-state index is 12.8. The second kappa shape index (κ2) is 6.48. The molecule has 23 heavy (non-hydrogen) atoms. The SMILES string of the molecule is CCc1nc2ccccc2n1CC(=O)NNc1ccc(F)cc1. The van der Waals surface area contributed by atoms with Crippen molar-refractivity contribution in [1.29, 1.82) is 0 Å². The summed E-state index contributed by atoms with van der Waals surface area (Å²) in [6.07, 6.45) is 0.743. The monoisotopic (exact) mass is 312 g/mol. The van der Waals surface area contributed by atoms with Gasteiger partial charge >= 0.3 is 0 Å². The van der Waals surface area contributed by atoms with Crippen LogP contribution < -0.4 is 10.9 Å². The number of fused-ring (bicyclic) bond motifs is 1. The molecule has 0 saturated carbocycles. The maximum atomic E-state index is 12.8. The van der Waals surface area contributed by atoms with Crippen LogP contribution in [0, 0.1) is 5.82 Å². The number of imidazole rings is 1. The first-order valence-electron chi connectivity index (χ1n) is 7.42. The fourth-order valence-electron chi connectivity index (χ4n) is 2.43. The molecule has 1 aromatic heterocycles. The average Bonchev–Trinajstić information content (AvgIpc) is 2.92. The van der Waals surface area contributed by atoms with E-state index in [4.69, 9.17) is 0 Å². The fourth-order valence-corrected chi connectivity index (χ4v) is 2.43. The number of carbonyl (C=O) groups is 1. The Morgan fingerprint density at radius 1 is 1.17 bits per heavy atom. The van der Waals surface area contributed by atoms with Gasteiger partial charge in [0.15, 0.2) is 0 Å². The van der Waals surface area contributed by atoms with Crippen molar-refractivity contribution in [3.05, 3.63) is 60.2 Å². The lowest BCUT2D eigenvalue weighted by Crippen LogP contribution is -2.32. The number of aromatic nitrogens is 2. The zero-order chi connectivity index (χ0) is 16.2. The molecule has 0 spiro atoms. The molecule has 0 atom stereocenters. The summed E-state index contributed by atoms with van der Waals surface area (Å²) in [5.41, 5.74) is 7.81. The van der Waals surface area contributed by atoms with Gasteiger partial charge in [0.05, 0.1) is 16.7 Å². The molecule has 3 rings (SSSR count). The summed E-state index contributed by atoms with van der Waals surface area (Å²) >= 11 is 0. The Kier molecular flexibility index (Phi) is 4.23. The van der Waals surface area contributed by atoms with E-state index in [9.17, 15) is 9.18 Å². The Bertz CT molecular complexity index is 826. The van der Waals surface area contributed by atoms with Crippen molar-refractivity contribution >= 4 is 22.6 Å². The van der Waals surface area contributed by atoms with Crippen LogP contribution in [0.4, 0.5) is 10.1 Å². The highest BCUT2D eigenvalue weighted by atomic mass is 19.1. The van der Waals surface area contributed by atoms with E-state index in [0.29, 0.717) is 5.69 Å². The van der Waals surface area contributed by atoms with E-state index < -0.39 is 0 Å². The lowest BCUT2D eigenvalue weighted by molar-refractivity contribution is -0.121. The first-order chi connectivity index (χ1) is 11.2. The third-order valence-electron chi connectivity index (χ3n) is 3.54. The number of carbonyl (C=O) groups excluding carboxylic acids is 1. The van der Waals surface area contributed by atoms with Gasteiger partial charge in [0.1, 0.15) is 18.2 Å². The minimum Gasteiger partial charge on any atom is -0.318 e. The van der Waals surface area contributed by atoms with Crippen LogP contribution in [0.5, 0.6) is 0 Å². The Morgan fingerprint density at radius 3 is 2.65 bits per heavy atom. The van der Waals surface area contributed by atoms with Gasteiger partial charge in [-0.25, -0.2) is 9.37 Å². The number of amides is 1. The predicted molar refractivity (Wildman–Crippen MR) is 87.3 cm³/mol. The van der Waals surface area contributed by atoms with Crippen LogP contribution in [-0.4, -0.2) is 15.5 Å². The van der Waals surface area contributed by atoms with Crippen molar-refractivity contribution in [2.24, 2.45) is 0 Å². The van der Waals surface area contributed by atoms with E-state index in [1.807, 2.05) is 35.8 Å². The number of para-hydroxylation sites is 2. The highest BCUT2D eigenvalue weighted by Crippen LogP contribution is 2.16. The number of hydrazine groups is 1. The molecule has 0 aliphatic heterocycles. The molecule has 0 unspecified atom stereocenters. The minimum atomic E-state index is -0.320. The van der Waals surface area contributed by atoms with E-state index in [1.54, 1.807) is 12.1 Å². The van der Waals surface area contributed by atoms with Crippen molar-refractivity contribution in [3.8, 4) is 0 Å². The summed E-state index contributed by atoms with van der Waals surface area (Å²) in [5.74, 6) is 0.342. The van der Waals surface area contributed by atoms with E-state index in [2.05, 4.69) is 15.8 Å². The third kappa shape index (κ3) is 3.31. The number of hydrogen-bond acceptors (Lipinski definition) is 3. The summed E-state index contributed by atoms with van der Waals surface area (Å²) in [5, 5.41) is 0. The normalized spacial score (nSPS) is 10.7. The fraction of sp³-hybridized carbons (Fsp3) is 0.176. The van der Waals surface area contributed by atoms with Crippen molar-refractivity contribution in [3.63, 3.8) is 0 Å². The van der Waals surface area contributed by atoms with Crippen molar-refractivity contribution in [1.82, 2.24) is 15.0 Å². The molecule has 0 saturated heterocycles. The molecule has 2 aromatic carbocycles. The van der Waals surface area contributed by atoms with Crippen molar-refractivity contribution in [2.75, 3.05) is 5.43 Å². The van der Waals surface area contributed by atoms with Gasteiger partial charge in [-0.1, -0.05) is 19.1 Å². The van der Waals surface area contributed by atoms with Crippen LogP contribution in [0.15, 0.2) is 48.5 Å². The number of rotatable bonds is 5. The number of aryl methyl sites for hydroxylation is 1. The van der Waals surface area contributed by atoms with Crippen LogP contribution in [0.3, 0.4) is 0 Å². The van der Waals surface area contributed by atoms with E-state index in [-0.39, 0.29) is 18.3 Å². The van der Waals surface area contributed by atoms with E-state index >= 15 is 0 Å². The Hall–Kier alpha value is -2.89. The highest BCUT2D eigenvalue weighted by molar-refractivity contribution is 5.81. The average molecular weight is 312 g/mol. The van der Waals surface area contributed by atoms with Gasteiger partial charge in [0.25, 0.3) is 5.91 Å². The van der Waals surface area contributed by atoms with Gasteiger partial charge in [-0.2, -0.15) is 0 Å². The molecule has 1 amide bonds. The van der Waals surface area contributed by atoms with Gasteiger partial charge in [-0.05, 0) is 36.4 Å². The largest absolute Gasteiger partial charge is 0.318 e. The summed E-state index contributed by atoms with van der Waals surface area (Å²) in [6, 6.07) is 13.5. The second-order valence-electron chi connectivity index (χ2n) is 5.14. The number of halogens is 1. The number of anilines is 1. The van der Waals surface area contributed by atoms with Crippen LogP contribution >= 0.6 is 0 Å². The molecule has 0 fully saturated rings. The lowest BCUT2D eigenvalue weighted by atomic mass is 10.3. The van der Waals surface area contributed by atoms with Gasteiger partial charge < -0.3 is 4.57 Å². The molecular weight excluding hydrogens is 295 g/mol. The van der Waals surface area contributed by atoms with E-state index in [0.717, 1.165) is 23.3 Å². The molecule has 0 aliphatic carbocycles. The first-order valence-corrected chi connectivity index (χ1v) is 7.42. The Labute approximate surface area is 133 Å². The molecule has 5 nitrogen and oxygen atoms in total. The molecule has 3 aromatic rings. The quantitative estimate of drug-likeness (QED) is 0.712. The zero-order valence-corrected chi connectivity index (χ0v) is 12.7. The smallest absolute Gasteiger partial charge is 0.258 e. The zero-order valence-electron chi connectivity index (χ0n) is 12.7. The number of hydrogen-bond donors (Lipinski definition) is 2. The van der Waals surface area contributed by atoms with Crippen LogP contribution in [0.25, 0.3) is 11.0 Å². The molecule has 2 N–H and O–H groups in total. The van der Waals surface area contributed by atoms with Gasteiger partial charge in [-0.3, -0.25) is 15.6 Å². The number of nitrogens with zero attached hydrogens (tertiary/aromatic N) is 2. The predicted octanol–water partition coefficient (Wildman–Crippen LogP) is 2.88. The Morgan fingerprint density at radius 2 is 1.91 bits per heavy atom. The van der Waals surface area contributed by atoms with E-state index in [1.165, 1.54) is 12.1 Å². The standard InChI is InChI=1S/C17H17FN4O/c1-2-16-19-14-5-3-4-6-15(14)22(16)11-17(23)21-20-13-9-7-12(18)8-10-13/h3-10,20H,2,11H2,1H3,(H,21,23). The number of benzene rings is 2. The maximum Gasteiger partial charge on any atom is 0.258 e. The number of nitrogens with one attached hydrogen (secondary N) is 2. The van der Waals surface area contributed by atoms with Gasteiger partial charge in [0.2, 0.25) is 0 Å². The second-order valence-corrected chi connectivity index (χ2v) is 5.14. The topological polar surface area (TPSA) is 59.0 Å². The molecule has 1 heterocycles. The van der Waals surface area contributed by atoms with Crippen molar-refractivity contribution in [2.45, 2.75) is 19.9 Å². The summed E-state index contributed by atoms with van der Waals surface area (Å²) < 4.78 is 14.7. The molecule has 0 bridgehead atoms. The molecule has 6 heteroatoms. The summed E-state index contributed by atoms with van der Waals surface area (Å²) in [6.45, 7) is 2.17. The van der Waals surface area contributed by atoms with Crippen LogP contribution in [-0.2, 0) is 17.8 Å². The third-order valence-corrected chi connectivity index (χ3v) is 3.54. The molecule has 118 valence electrons. The molecule has 0 aliphatic rings. The highest BCUT2D eigenvalue weighted by Gasteiger charge is 2.12. The van der Waals surface area contributed by atoms with Gasteiger partial charge in [0, 0.05) is 6.42 Å². The van der Waals surface area contributed by atoms with Gasteiger partial charge in [-0.15, -0.1) is 0 Å². The molecule has 0 radical (unpaired) electrons.